The van der Waals surface area contributed by atoms with E-state index in [2.05, 4.69) is 241 Å². The fourth-order valence-electron chi connectivity index (χ4n) is 8.55. The predicted molar refractivity (Wildman–Crippen MR) is 259 cm³/mol. The molecule has 10 aromatic carbocycles. The molecule has 11 rings (SSSR count). The molecule has 60 heavy (non-hydrogen) atoms. The zero-order valence-electron chi connectivity index (χ0n) is 32.9. The molecule has 0 atom stereocenters. The van der Waals surface area contributed by atoms with E-state index in [0.717, 1.165) is 17.1 Å². The molecule has 0 unspecified atom stereocenters. The summed E-state index contributed by atoms with van der Waals surface area (Å²) in [7, 11) is 0. The van der Waals surface area contributed by atoms with E-state index in [9.17, 15) is 0 Å². The second-order valence-corrected chi connectivity index (χ2v) is 16.4. The van der Waals surface area contributed by atoms with Crippen LogP contribution in [0.25, 0.3) is 86.6 Å². The summed E-state index contributed by atoms with van der Waals surface area (Å²) in [5.41, 5.74) is 15.4. The highest BCUT2D eigenvalue weighted by atomic mass is 32.1. The van der Waals surface area contributed by atoms with Crippen molar-refractivity contribution in [2.45, 2.75) is 0 Å². The van der Waals surface area contributed by atoms with E-state index < -0.39 is 0 Å². The maximum Gasteiger partial charge on any atom is 0.0462 e. The molecule has 2 heteroatoms. The van der Waals surface area contributed by atoms with Crippen molar-refractivity contribution in [1.29, 1.82) is 0 Å². The minimum atomic E-state index is 1.10. The monoisotopic (exact) mass is 781 g/mol. The third-order valence-electron chi connectivity index (χ3n) is 11.7. The van der Waals surface area contributed by atoms with Crippen molar-refractivity contribution in [1.82, 2.24) is 0 Å². The van der Waals surface area contributed by atoms with Gasteiger partial charge in [0.15, 0.2) is 0 Å². The van der Waals surface area contributed by atoms with Crippen LogP contribution in [-0.4, -0.2) is 0 Å². The van der Waals surface area contributed by atoms with Crippen molar-refractivity contribution in [2.24, 2.45) is 0 Å². The van der Waals surface area contributed by atoms with Crippen LogP contribution in [0.1, 0.15) is 0 Å². The Morgan fingerprint density at radius 3 is 1.35 bits per heavy atom. The quantitative estimate of drug-likeness (QED) is 0.148. The van der Waals surface area contributed by atoms with E-state index in [4.69, 9.17) is 0 Å². The van der Waals surface area contributed by atoms with Crippen molar-refractivity contribution in [3.63, 3.8) is 0 Å². The average molecular weight is 782 g/mol. The zero-order chi connectivity index (χ0) is 39.8. The summed E-state index contributed by atoms with van der Waals surface area (Å²) in [6.45, 7) is 0. The molecular formula is C58H39NS. The van der Waals surface area contributed by atoms with Gasteiger partial charge >= 0.3 is 0 Å². The summed E-state index contributed by atoms with van der Waals surface area (Å²) in [4.78, 5) is 2.36. The second-order valence-electron chi connectivity index (χ2n) is 15.3. The largest absolute Gasteiger partial charge is 0.311 e. The average Bonchev–Trinajstić information content (AvgIpc) is 3.72. The molecule has 0 aliphatic carbocycles. The first-order valence-electron chi connectivity index (χ1n) is 20.5. The van der Waals surface area contributed by atoms with E-state index in [1.165, 1.54) is 86.6 Å². The molecule has 0 amide bonds. The van der Waals surface area contributed by atoms with Gasteiger partial charge in [0, 0.05) is 37.2 Å². The van der Waals surface area contributed by atoms with Crippen LogP contribution < -0.4 is 4.90 Å². The first-order valence-corrected chi connectivity index (χ1v) is 21.3. The van der Waals surface area contributed by atoms with Gasteiger partial charge in [-0.25, -0.2) is 0 Å². The van der Waals surface area contributed by atoms with Gasteiger partial charge in [0.05, 0.1) is 0 Å². The molecule has 1 heterocycles. The molecule has 282 valence electrons. The van der Waals surface area contributed by atoms with E-state index >= 15 is 0 Å². The lowest BCUT2D eigenvalue weighted by molar-refractivity contribution is 1.28. The highest BCUT2D eigenvalue weighted by Gasteiger charge is 2.15. The van der Waals surface area contributed by atoms with Crippen molar-refractivity contribution < 1.29 is 0 Å². The fraction of sp³-hybridized carbons (Fsp3) is 0. The van der Waals surface area contributed by atoms with Gasteiger partial charge in [0.2, 0.25) is 0 Å². The maximum absolute atomic E-state index is 2.36. The fourth-order valence-corrected chi connectivity index (χ4v) is 9.79. The maximum atomic E-state index is 2.36. The third-order valence-corrected chi connectivity index (χ3v) is 12.9. The van der Waals surface area contributed by atoms with Crippen LogP contribution in [0.5, 0.6) is 0 Å². The van der Waals surface area contributed by atoms with E-state index in [1.54, 1.807) is 0 Å². The van der Waals surface area contributed by atoms with Gasteiger partial charge < -0.3 is 4.90 Å². The van der Waals surface area contributed by atoms with Gasteiger partial charge in [-0.3, -0.25) is 0 Å². The predicted octanol–water partition coefficient (Wildman–Crippen LogP) is 17.0. The van der Waals surface area contributed by atoms with Gasteiger partial charge in [-0.1, -0.05) is 182 Å². The van der Waals surface area contributed by atoms with E-state index in [1.807, 2.05) is 11.3 Å². The summed E-state index contributed by atoms with van der Waals surface area (Å²) in [6, 6.07) is 86.0. The topological polar surface area (TPSA) is 3.24 Å². The van der Waals surface area contributed by atoms with Gasteiger partial charge in [-0.15, -0.1) is 11.3 Å². The first kappa shape index (κ1) is 35.6. The molecule has 0 aliphatic rings. The normalized spacial score (nSPS) is 11.3. The third kappa shape index (κ3) is 6.73. The summed E-state index contributed by atoms with van der Waals surface area (Å²) >= 11 is 1.88. The van der Waals surface area contributed by atoms with Crippen molar-refractivity contribution in [3.05, 3.63) is 237 Å². The molecule has 11 aromatic rings. The number of anilines is 3. The Bertz CT molecular complexity index is 3270. The molecule has 0 aliphatic heterocycles. The molecule has 0 saturated carbocycles. The molecule has 1 nitrogen and oxygen atoms in total. The van der Waals surface area contributed by atoms with Gasteiger partial charge in [-0.2, -0.15) is 0 Å². The Balaban J connectivity index is 0.933. The molecule has 0 bridgehead atoms. The van der Waals surface area contributed by atoms with Crippen LogP contribution >= 0.6 is 11.3 Å². The lowest BCUT2D eigenvalue weighted by Crippen LogP contribution is -2.09. The second kappa shape index (κ2) is 15.3. The Labute approximate surface area is 354 Å². The number of thiophene rings is 1. The number of hydrogen-bond acceptors (Lipinski definition) is 2. The smallest absolute Gasteiger partial charge is 0.0462 e. The summed E-state index contributed by atoms with van der Waals surface area (Å²) < 4.78 is 2.66. The summed E-state index contributed by atoms with van der Waals surface area (Å²) in [6.07, 6.45) is 0. The zero-order valence-corrected chi connectivity index (χ0v) is 33.7. The van der Waals surface area contributed by atoms with Crippen LogP contribution in [0, 0.1) is 0 Å². The lowest BCUT2D eigenvalue weighted by atomic mass is 9.97. The highest BCUT2D eigenvalue weighted by Crippen LogP contribution is 2.42. The number of rotatable bonds is 8. The highest BCUT2D eigenvalue weighted by molar-refractivity contribution is 7.26. The standard InChI is InChI=1S/C58H39NS/c1-2-10-40(11-3-1)42-20-22-43(23-21-42)44-26-32-51(33-27-44)59(53-36-30-46(31-37-53)49-25-24-41-12-4-5-13-47(41)38-49)52-34-28-45(29-35-52)48-14-8-15-50(39-48)54-17-9-18-56-55-16-6-7-19-57(55)60-58(54)56/h1-39H. The summed E-state index contributed by atoms with van der Waals surface area (Å²) in [5, 5.41) is 5.15. The van der Waals surface area contributed by atoms with Crippen LogP contribution in [0.4, 0.5) is 17.1 Å². The Kier molecular flexibility index (Phi) is 9.11. The molecule has 0 N–H and O–H groups in total. The molecule has 0 fully saturated rings. The van der Waals surface area contributed by atoms with Crippen molar-refractivity contribution in [2.75, 3.05) is 4.90 Å². The van der Waals surface area contributed by atoms with Crippen molar-refractivity contribution in [3.8, 4) is 55.6 Å². The molecule has 1 aromatic heterocycles. The lowest BCUT2D eigenvalue weighted by Gasteiger charge is -2.26. The van der Waals surface area contributed by atoms with Gasteiger partial charge in [0.1, 0.15) is 0 Å². The number of fused-ring (bicyclic) bond motifs is 4. The van der Waals surface area contributed by atoms with Crippen LogP contribution in [0.3, 0.4) is 0 Å². The van der Waals surface area contributed by atoms with Crippen LogP contribution in [0.15, 0.2) is 237 Å². The summed E-state index contributed by atoms with van der Waals surface area (Å²) in [5.74, 6) is 0. The van der Waals surface area contributed by atoms with Crippen LogP contribution in [0.2, 0.25) is 0 Å². The molecule has 0 radical (unpaired) electrons. The number of benzene rings is 10. The van der Waals surface area contributed by atoms with E-state index in [-0.39, 0.29) is 0 Å². The van der Waals surface area contributed by atoms with Gasteiger partial charge in [0.25, 0.3) is 0 Å². The minimum Gasteiger partial charge on any atom is -0.311 e. The number of hydrogen-bond donors (Lipinski definition) is 0. The van der Waals surface area contributed by atoms with Crippen molar-refractivity contribution >= 4 is 59.3 Å². The molecule has 0 saturated heterocycles. The first-order chi connectivity index (χ1) is 29.7. The number of nitrogens with zero attached hydrogens (tertiary/aromatic N) is 1. The minimum absolute atomic E-state index is 1.10. The van der Waals surface area contributed by atoms with Gasteiger partial charge in [-0.05, 0) is 121 Å². The molecule has 0 spiro atoms. The van der Waals surface area contributed by atoms with Crippen LogP contribution in [-0.2, 0) is 0 Å². The molecular weight excluding hydrogens is 743 g/mol. The Morgan fingerprint density at radius 2 is 0.700 bits per heavy atom. The SMILES string of the molecule is c1ccc(-c2ccc(-c3ccc(N(c4ccc(-c5cccc(-c6cccc7c6sc6ccccc67)c5)cc4)c4ccc(-c5ccc6ccccc6c5)cc4)cc3)cc2)cc1. The Morgan fingerprint density at radius 1 is 0.267 bits per heavy atom. The van der Waals surface area contributed by atoms with E-state index in [0.29, 0.717) is 0 Å². The Hall–Kier alpha value is -7.52.